The van der Waals surface area contributed by atoms with E-state index in [2.05, 4.69) is 15.3 Å². The number of rotatable bonds is 6. The lowest BCUT2D eigenvalue weighted by Crippen LogP contribution is -2.19. The number of halogens is 3. The van der Waals surface area contributed by atoms with Crippen molar-refractivity contribution in [2.24, 2.45) is 0 Å². The second-order valence-corrected chi connectivity index (χ2v) is 5.26. The molecular formula is C16H18F3N3O. The Morgan fingerprint density at radius 3 is 2.48 bits per heavy atom. The van der Waals surface area contributed by atoms with Gasteiger partial charge in [-0.15, -0.1) is 0 Å². The third-order valence-electron chi connectivity index (χ3n) is 3.23. The van der Waals surface area contributed by atoms with Crippen molar-refractivity contribution in [1.82, 2.24) is 15.3 Å². The van der Waals surface area contributed by atoms with Crippen molar-refractivity contribution in [2.75, 3.05) is 6.54 Å². The summed E-state index contributed by atoms with van der Waals surface area (Å²) in [7, 11) is 0. The molecule has 0 spiro atoms. The first-order chi connectivity index (χ1) is 10.9. The van der Waals surface area contributed by atoms with Gasteiger partial charge in [-0.25, -0.2) is 9.97 Å². The molecule has 1 unspecified atom stereocenters. The lowest BCUT2D eigenvalue weighted by molar-refractivity contribution is -0.137. The average molecular weight is 325 g/mol. The first-order valence-electron chi connectivity index (χ1n) is 7.24. The van der Waals surface area contributed by atoms with Gasteiger partial charge in [0.1, 0.15) is 0 Å². The maximum Gasteiger partial charge on any atom is 0.416 e. The van der Waals surface area contributed by atoms with Crippen LogP contribution in [-0.4, -0.2) is 27.7 Å². The molecule has 0 saturated carbocycles. The largest absolute Gasteiger partial charge is 0.416 e. The van der Waals surface area contributed by atoms with Gasteiger partial charge < -0.3 is 10.4 Å². The molecule has 1 heterocycles. The Balaban J connectivity index is 2.04. The van der Waals surface area contributed by atoms with E-state index in [4.69, 9.17) is 0 Å². The van der Waals surface area contributed by atoms with Crippen LogP contribution in [0.4, 0.5) is 13.2 Å². The van der Waals surface area contributed by atoms with Crippen molar-refractivity contribution in [3.8, 4) is 11.4 Å². The van der Waals surface area contributed by atoms with Gasteiger partial charge in [0.2, 0.25) is 0 Å². The lowest BCUT2D eigenvalue weighted by atomic mass is 10.1. The fourth-order valence-corrected chi connectivity index (χ4v) is 1.97. The normalized spacial score (nSPS) is 13.1. The van der Waals surface area contributed by atoms with Crippen LogP contribution >= 0.6 is 0 Å². The van der Waals surface area contributed by atoms with E-state index in [0.29, 0.717) is 30.9 Å². The number of hydrogen-bond donors (Lipinski definition) is 2. The van der Waals surface area contributed by atoms with Gasteiger partial charge >= 0.3 is 6.18 Å². The molecule has 2 rings (SSSR count). The van der Waals surface area contributed by atoms with Gasteiger partial charge in [-0.3, -0.25) is 0 Å². The minimum Gasteiger partial charge on any atom is -0.393 e. The van der Waals surface area contributed by atoms with E-state index < -0.39 is 11.7 Å². The number of alkyl halides is 3. The fourth-order valence-electron chi connectivity index (χ4n) is 1.97. The van der Waals surface area contributed by atoms with Gasteiger partial charge in [-0.2, -0.15) is 13.2 Å². The number of aromatic nitrogens is 2. The van der Waals surface area contributed by atoms with Crippen molar-refractivity contribution in [2.45, 2.75) is 32.2 Å². The highest BCUT2D eigenvalue weighted by Gasteiger charge is 2.30. The summed E-state index contributed by atoms with van der Waals surface area (Å²) in [6.07, 6.45) is -2.51. The van der Waals surface area contributed by atoms with Crippen molar-refractivity contribution in [3.05, 3.63) is 47.8 Å². The summed E-state index contributed by atoms with van der Waals surface area (Å²) in [5, 5.41) is 12.3. The van der Waals surface area contributed by atoms with Crippen LogP contribution in [0.15, 0.2) is 36.5 Å². The highest BCUT2D eigenvalue weighted by molar-refractivity contribution is 5.55. The summed E-state index contributed by atoms with van der Waals surface area (Å²) >= 11 is 0. The monoisotopic (exact) mass is 325 g/mol. The van der Waals surface area contributed by atoms with Crippen LogP contribution in [-0.2, 0) is 12.7 Å². The molecule has 124 valence electrons. The molecule has 0 fully saturated rings. The quantitative estimate of drug-likeness (QED) is 0.802. The molecule has 1 atom stereocenters. The van der Waals surface area contributed by atoms with E-state index in [1.165, 1.54) is 12.1 Å². The predicted molar refractivity (Wildman–Crippen MR) is 80.5 cm³/mol. The van der Waals surface area contributed by atoms with Gasteiger partial charge in [0.15, 0.2) is 5.82 Å². The number of nitrogens with zero attached hydrogens (tertiary/aromatic N) is 2. The third kappa shape index (κ3) is 5.30. The second kappa shape index (κ2) is 7.52. The summed E-state index contributed by atoms with van der Waals surface area (Å²) in [4.78, 5) is 8.43. The van der Waals surface area contributed by atoms with Crippen LogP contribution in [0.3, 0.4) is 0 Å². The van der Waals surface area contributed by atoms with E-state index in [1.807, 2.05) is 0 Å². The van der Waals surface area contributed by atoms with Gasteiger partial charge in [0.05, 0.1) is 17.4 Å². The first kappa shape index (κ1) is 17.4. The first-order valence-corrected chi connectivity index (χ1v) is 7.24. The molecule has 0 aliphatic heterocycles. The maximum absolute atomic E-state index is 12.6. The van der Waals surface area contributed by atoms with E-state index in [9.17, 15) is 18.3 Å². The molecule has 0 saturated heterocycles. The molecule has 0 radical (unpaired) electrons. The Hall–Kier alpha value is -1.99. The van der Waals surface area contributed by atoms with Crippen LogP contribution in [0.25, 0.3) is 11.4 Å². The zero-order valence-electron chi connectivity index (χ0n) is 12.6. The van der Waals surface area contributed by atoms with Crippen molar-refractivity contribution in [3.63, 3.8) is 0 Å². The minimum atomic E-state index is -4.35. The minimum absolute atomic E-state index is 0.365. The van der Waals surface area contributed by atoms with E-state index >= 15 is 0 Å². The van der Waals surface area contributed by atoms with Crippen LogP contribution in [0, 0.1) is 0 Å². The Labute approximate surface area is 132 Å². The standard InChI is InChI=1S/C16H18F3N3O/c1-11(23)6-8-20-10-14-7-9-21-15(22-14)12-2-4-13(5-3-12)16(17,18)19/h2-5,7,9,11,20,23H,6,8,10H2,1H3. The molecule has 7 heteroatoms. The Kier molecular flexibility index (Phi) is 5.68. The Bertz CT molecular complexity index is 627. The molecule has 0 aliphatic rings. The summed E-state index contributed by atoms with van der Waals surface area (Å²) in [6.45, 7) is 2.87. The molecule has 0 bridgehead atoms. The summed E-state index contributed by atoms with van der Waals surface area (Å²) in [5.41, 5.74) is 0.571. The molecule has 0 aliphatic carbocycles. The van der Waals surface area contributed by atoms with Gasteiger partial charge in [-0.05, 0) is 38.1 Å². The Morgan fingerprint density at radius 2 is 1.87 bits per heavy atom. The predicted octanol–water partition coefficient (Wildman–Crippen LogP) is 3.02. The van der Waals surface area contributed by atoms with Crippen LogP contribution in [0.1, 0.15) is 24.6 Å². The van der Waals surface area contributed by atoms with Crippen molar-refractivity contribution < 1.29 is 18.3 Å². The van der Waals surface area contributed by atoms with Crippen LogP contribution in [0.5, 0.6) is 0 Å². The molecule has 23 heavy (non-hydrogen) atoms. The van der Waals surface area contributed by atoms with Crippen molar-refractivity contribution >= 4 is 0 Å². The van der Waals surface area contributed by atoms with Gasteiger partial charge in [0.25, 0.3) is 0 Å². The SMILES string of the molecule is CC(O)CCNCc1ccnc(-c2ccc(C(F)(F)F)cc2)n1. The van der Waals surface area contributed by atoms with E-state index in [1.54, 1.807) is 19.2 Å². The Morgan fingerprint density at radius 1 is 1.17 bits per heavy atom. The van der Waals surface area contributed by atoms with Crippen LogP contribution in [0.2, 0.25) is 0 Å². The maximum atomic E-state index is 12.6. The number of nitrogens with one attached hydrogen (secondary N) is 1. The molecule has 4 nitrogen and oxygen atoms in total. The molecule has 2 N–H and O–H groups in total. The number of aliphatic hydroxyl groups excluding tert-OH is 1. The second-order valence-electron chi connectivity index (χ2n) is 5.26. The third-order valence-corrected chi connectivity index (χ3v) is 3.23. The fraction of sp³-hybridized carbons (Fsp3) is 0.375. The summed E-state index contributed by atoms with van der Waals surface area (Å²) in [6, 6.07) is 6.51. The van der Waals surface area contributed by atoms with E-state index in [-0.39, 0.29) is 6.10 Å². The smallest absolute Gasteiger partial charge is 0.393 e. The molecule has 1 aromatic heterocycles. The van der Waals surface area contributed by atoms with Gasteiger partial charge in [-0.1, -0.05) is 12.1 Å². The van der Waals surface area contributed by atoms with Crippen LogP contribution < -0.4 is 5.32 Å². The van der Waals surface area contributed by atoms with Gasteiger partial charge in [0, 0.05) is 18.3 Å². The number of aliphatic hydroxyl groups is 1. The molecule has 1 aromatic carbocycles. The molecule has 0 amide bonds. The summed E-state index contributed by atoms with van der Waals surface area (Å²) in [5.74, 6) is 0.383. The molecule has 2 aromatic rings. The highest BCUT2D eigenvalue weighted by Crippen LogP contribution is 2.30. The summed E-state index contributed by atoms with van der Waals surface area (Å²) < 4.78 is 37.7. The zero-order chi connectivity index (χ0) is 16.9. The number of hydrogen-bond acceptors (Lipinski definition) is 4. The molecular weight excluding hydrogens is 307 g/mol. The van der Waals surface area contributed by atoms with Crippen molar-refractivity contribution in [1.29, 1.82) is 0 Å². The lowest BCUT2D eigenvalue weighted by Gasteiger charge is -2.09. The zero-order valence-corrected chi connectivity index (χ0v) is 12.6. The average Bonchev–Trinajstić information content (AvgIpc) is 2.51. The highest BCUT2D eigenvalue weighted by atomic mass is 19.4. The topological polar surface area (TPSA) is 58.0 Å². The number of benzene rings is 1. The van der Waals surface area contributed by atoms with E-state index in [0.717, 1.165) is 17.8 Å².